The average Bonchev–Trinajstić information content (AvgIpc) is 2.66. The lowest BCUT2D eigenvalue weighted by Crippen LogP contribution is -2.29. The maximum absolute atomic E-state index is 12.1. The number of carbonyl (C=O) groups excluding carboxylic acids is 2. The average molecular weight is 316 g/mol. The number of hydrogen-bond donors (Lipinski definition) is 0. The molecule has 0 bridgehead atoms. The SMILES string of the molecule is O=C1C(=O)N(Cc2ccccc2)c2cccc(Br)c21. The van der Waals surface area contributed by atoms with Gasteiger partial charge in [0, 0.05) is 4.47 Å². The number of halogens is 1. The lowest BCUT2D eigenvalue weighted by atomic mass is 10.1. The Morgan fingerprint density at radius 1 is 0.947 bits per heavy atom. The van der Waals surface area contributed by atoms with Crippen molar-refractivity contribution in [2.45, 2.75) is 6.54 Å². The van der Waals surface area contributed by atoms with Gasteiger partial charge in [0.05, 0.1) is 17.8 Å². The van der Waals surface area contributed by atoms with Crippen molar-refractivity contribution in [2.75, 3.05) is 4.90 Å². The van der Waals surface area contributed by atoms with E-state index in [0.29, 0.717) is 22.3 Å². The third-order valence-corrected chi connectivity index (χ3v) is 3.79. The number of rotatable bonds is 2. The van der Waals surface area contributed by atoms with Crippen LogP contribution in [0.5, 0.6) is 0 Å². The van der Waals surface area contributed by atoms with Crippen LogP contribution in [-0.2, 0) is 11.3 Å². The van der Waals surface area contributed by atoms with Gasteiger partial charge in [0.15, 0.2) is 0 Å². The predicted molar refractivity (Wildman–Crippen MR) is 76.1 cm³/mol. The molecule has 3 rings (SSSR count). The van der Waals surface area contributed by atoms with E-state index in [1.165, 1.54) is 4.90 Å². The van der Waals surface area contributed by atoms with E-state index in [-0.39, 0.29) is 0 Å². The van der Waals surface area contributed by atoms with Crippen LogP contribution in [-0.4, -0.2) is 11.7 Å². The molecule has 4 heteroatoms. The Morgan fingerprint density at radius 3 is 2.42 bits per heavy atom. The molecule has 0 aliphatic carbocycles. The predicted octanol–water partition coefficient (Wildman–Crippen LogP) is 3.18. The van der Waals surface area contributed by atoms with Crippen LogP contribution in [0.15, 0.2) is 53.0 Å². The summed E-state index contributed by atoms with van der Waals surface area (Å²) in [6.07, 6.45) is 0. The van der Waals surface area contributed by atoms with Gasteiger partial charge in [0.25, 0.3) is 11.7 Å². The molecule has 0 unspecified atom stereocenters. The molecule has 1 aliphatic heterocycles. The molecule has 2 aromatic rings. The first-order valence-electron chi connectivity index (χ1n) is 5.87. The number of carbonyl (C=O) groups is 2. The van der Waals surface area contributed by atoms with Crippen molar-refractivity contribution in [3.8, 4) is 0 Å². The molecular weight excluding hydrogens is 306 g/mol. The van der Waals surface area contributed by atoms with Crippen molar-refractivity contribution >= 4 is 33.3 Å². The van der Waals surface area contributed by atoms with E-state index in [2.05, 4.69) is 15.9 Å². The van der Waals surface area contributed by atoms with Crippen molar-refractivity contribution in [3.63, 3.8) is 0 Å². The highest BCUT2D eigenvalue weighted by Crippen LogP contribution is 2.35. The normalized spacial score (nSPS) is 13.8. The van der Waals surface area contributed by atoms with Crippen molar-refractivity contribution in [1.82, 2.24) is 0 Å². The van der Waals surface area contributed by atoms with Crippen LogP contribution in [0.2, 0.25) is 0 Å². The molecule has 1 heterocycles. The van der Waals surface area contributed by atoms with Crippen LogP contribution < -0.4 is 4.90 Å². The fraction of sp³-hybridized carbons (Fsp3) is 0.0667. The van der Waals surface area contributed by atoms with E-state index >= 15 is 0 Å². The van der Waals surface area contributed by atoms with Crippen LogP contribution in [0.1, 0.15) is 15.9 Å². The van der Waals surface area contributed by atoms with Crippen molar-refractivity contribution in [3.05, 3.63) is 64.1 Å². The summed E-state index contributed by atoms with van der Waals surface area (Å²) in [5, 5.41) is 0. The summed E-state index contributed by atoms with van der Waals surface area (Å²) < 4.78 is 0.666. The molecule has 0 spiro atoms. The van der Waals surface area contributed by atoms with Crippen molar-refractivity contribution in [2.24, 2.45) is 0 Å². The maximum atomic E-state index is 12.1. The summed E-state index contributed by atoms with van der Waals surface area (Å²) in [7, 11) is 0. The lowest BCUT2D eigenvalue weighted by molar-refractivity contribution is -0.114. The molecule has 0 aromatic heterocycles. The largest absolute Gasteiger partial charge is 0.300 e. The van der Waals surface area contributed by atoms with Gasteiger partial charge in [0.1, 0.15) is 0 Å². The van der Waals surface area contributed by atoms with E-state index in [9.17, 15) is 9.59 Å². The second-order valence-corrected chi connectivity index (χ2v) is 5.19. The summed E-state index contributed by atoms with van der Waals surface area (Å²) in [4.78, 5) is 25.6. The van der Waals surface area contributed by atoms with E-state index in [4.69, 9.17) is 0 Å². The molecule has 0 fully saturated rings. The molecule has 0 atom stereocenters. The van der Waals surface area contributed by atoms with E-state index in [1.54, 1.807) is 12.1 Å². The second kappa shape index (κ2) is 4.63. The van der Waals surface area contributed by atoms with Gasteiger partial charge in [-0.3, -0.25) is 9.59 Å². The highest BCUT2D eigenvalue weighted by Gasteiger charge is 2.37. The van der Waals surface area contributed by atoms with Gasteiger partial charge >= 0.3 is 0 Å². The fourth-order valence-corrected chi connectivity index (χ4v) is 2.76. The van der Waals surface area contributed by atoms with Gasteiger partial charge in [-0.15, -0.1) is 0 Å². The van der Waals surface area contributed by atoms with Gasteiger partial charge in [-0.1, -0.05) is 36.4 Å². The summed E-state index contributed by atoms with van der Waals surface area (Å²) in [6, 6.07) is 15.0. The molecule has 0 saturated heterocycles. The lowest BCUT2D eigenvalue weighted by Gasteiger charge is -2.16. The number of hydrogen-bond acceptors (Lipinski definition) is 2. The Labute approximate surface area is 119 Å². The summed E-state index contributed by atoms with van der Waals surface area (Å²) in [6.45, 7) is 0.412. The van der Waals surface area contributed by atoms with Gasteiger partial charge in [0.2, 0.25) is 0 Å². The Hall–Kier alpha value is -1.94. The molecule has 94 valence electrons. The number of ketones is 1. The van der Waals surface area contributed by atoms with E-state index in [0.717, 1.165) is 5.56 Å². The molecule has 0 N–H and O–H groups in total. The Bertz CT molecular complexity index is 667. The molecule has 19 heavy (non-hydrogen) atoms. The van der Waals surface area contributed by atoms with Gasteiger partial charge in [-0.25, -0.2) is 0 Å². The van der Waals surface area contributed by atoms with Crippen LogP contribution in [0.25, 0.3) is 0 Å². The van der Waals surface area contributed by atoms with Gasteiger partial charge < -0.3 is 4.90 Å². The molecule has 0 saturated carbocycles. The summed E-state index contributed by atoms with van der Waals surface area (Å²) >= 11 is 3.33. The molecular formula is C15H10BrNO2. The van der Waals surface area contributed by atoms with Gasteiger partial charge in [-0.2, -0.15) is 0 Å². The second-order valence-electron chi connectivity index (χ2n) is 4.34. The molecule has 0 radical (unpaired) electrons. The number of Topliss-reactive ketones (excluding diaryl/α,β-unsaturated/α-hetero) is 1. The van der Waals surface area contributed by atoms with Crippen molar-refractivity contribution in [1.29, 1.82) is 0 Å². The molecule has 1 amide bonds. The highest BCUT2D eigenvalue weighted by atomic mass is 79.9. The van der Waals surface area contributed by atoms with Gasteiger partial charge in [-0.05, 0) is 33.6 Å². The number of nitrogens with zero attached hydrogens (tertiary/aromatic N) is 1. The standard InChI is InChI=1S/C15H10BrNO2/c16-11-7-4-8-12-13(11)14(18)15(19)17(12)9-10-5-2-1-3-6-10/h1-8H,9H2. The van der Waals surface area contributed by atoms with Crippen LogP contribution in [0, 0.1) is 0 Å². The minimum Gasteiger partial charge on any atom is -0.300 e. The Kier molecular flexibility index (Phi) is 2.95. The zero-order valence-electron chi connectivity index (χ0n) is 9.97. The minimum atomic E-state index is -0.467. The third-order valence-electron chi connectivity index (χ3n) is 3.13. The van der Waals surface area contributed by atoms with Crippen LogP contribution in [0.4, 0.5) is 5.69 Å². The number of amides is 1. The Balaban J connectivity index is 2.03. The first kappa shape index (κ1) is 12.1. The minimum absolute atomic E-state index is 0.412. The van der Waals surface area contributed by atoms with Crippen molar-refractivity contribution < 1.29 is 9.59 Å². The first-order valence-corrected chi connectivity index (χ1v) is 6.66. The number of fused-ring (bicyclic) bond motifs is 1. The number of benzene rings is 2. The number of anilines is 1. The summed E-state index contributed by atoms with van der Waals surface area (Å²) in [5.41, 5.74) is 2.13. The smallest absolute Gasteiger partial charge is 0.299 e. The Morgan fingerprint density at radius 2 is 1.68 bits per heavy atom. The fourth-order valence-electron chi connectivity index (χ4n) is 2.22. The maximum Gasteiger partial charge on any atom is 0.299 e. The quantitative estimate of drug-likeness (QED) is 0.798. The zero-order chi connectivity index (χ0) is 13.4. The van der Waals surface area contributed by atoms with E-state index < -0.39 is 11.7 Å². The third kappa shape index (κ3) is 1.98. The molecule has 2 aromatic carbocycles. The molecule has 1 aliphatic rings. The zero-order valence-corrected chi connectivity index (χ0v) is 11.6. The van der Waals surface area contributed by atoms with Crippen LogP contribution >= 0.6 is 15.9 Å². The molecule has 3 nitrogen and oxygen atoms in total. The highest BCUT2D eigenvalue weighted by molar-refractivity contribution is 9.10. The topological polar surface area (TPSA) is 37.4 Å². The summed E-state index contributed by atoms with van der Waals surface area (Å²) in [5.74, 6) is -0.913. The van der Waals surface area contributed by atoms with Crippen LogP contribution in [0.3, 0.4) is 0 Å². The van der Waals surface area contributed by atoms with E-state index in [1.807, 2.05) is 36.4 Å². The first-order chi connectivity index (χ1) is 9.18. The monoisotopic (exact) mass is 315 g/mol.